The Hall–Kier alpha value is -4.11. The van der Waals surface area contributed by atoms with E-state index in [1.54, 1.807) is 42.5 Å². The van der Waals surface area contributed by atoms with E-state index in [0.717, 1.165) is 0 Å². The molecule has 1 aromatic heterocycles. The summed E-state index contributed by atoms with van der Waals surface area (Å²) in [5.41, 5.74) is 3.41. The highest BCUT2D eigenvalue weighted by molar-refractivity contribution is 6.05. The number of hydrogen-bond acceptors (Lipinski definition) is 3. The van der Waals surface area contributed by atoms with Crippen LogP contribution in [0, 0.1) is 24.0 Å². The molecule has 0 aliphatic carbocycles. The number of nitrogens with one attached hydrogen (secondary N) is 1. The largest absolute Gasteiger partial charge is 0.341 e. The number of terminal acetylenes is 1. The molecule has 1 N–H and O–H groups in total. The molecular formula is C24H15F2N3O. The Morgan fingerprint density at radius 2 is 1.43 bits per heavy atom. The quantitative estimate of drug-likeness (QED) is 0.510. The molecule has 6 heteroatoms. The normalized spacial score (nSPS) is 10.6. The number of carbonyl (C=O) groups is 1. The summed E-state index contributed by atoms with van der Waals surface area (Å²) in [4.78, 5) is 21.9. The first kappa shape index (κ1) is 19.2. The molecule has 0 unspecified atom stereocenters. The number of benzene rings is 3. The number of para-hydroxylation sites is 1. The van der Waals surface area contributed by atoms with Crippen molar-refractivity contribution in [3.8, 4) is 34.9 Å². The van der Waals surface area contributed by atoms with E-state index in [2.05, 4.69) is 11.2 Å². The Morgan fingerprint density at radius 1 is 0.867 bits per heavy atom. The maximum atomic E-state index is 13.5. The molecule has 0 aliphatic heterocycles. The minimum absolute atomic E-state index is 0.0845. The van der Waals surface area contributed by atoms with E-state index >= 15 is 0 Å². The van der Waals surface area contributed by atoms with Crippen molar-refractivity contribution >= 4 is 16.9 Å². The van der Waals surface area contributed by atoms with E-state index in [0.29, 0.717) is 39.1 Å². The fourth-order valence-corrected chi connectivity index (χ4v) is 3.11. The number of nitrogens with zero attached hydrogens (tertiary/aromatic N) is 2. The summed E-state index contributed by atoms with van der Waals surface area (Å²) >= 11 is 0. The molecule has 146 valence electrons. The highest BCUT2D eigenvalue weighted by Gasteiger charge is 2.17. The van der Waals surface area contributed by atoms with Gasteiger partial charge in [0.2, 0.25) is 0 Å². The second-order valence-electron chi connectivity index (χ2n) is 6.49. The average molecular weight is 399 g/mol. The molecule has 4 nitrogen and oxygen atoms in total. The number of fused-ring (bicyclic) bond motifs is 1. The van der Waals surface area contributed by atoms with Crippen LogP contribution in [-0.4, -0.2) is 22.4 Å². The number of halogens is 2. The summed E-state index contributed by atoms with van der Waals surface area (Å²) < 4.78 is 26.9. The van der Waals surface area contributed by atoms with E-state index in [9.17, 15) is 13.6 Å². The van der Waals surface area contributed by atoms with Gasteiger partial charge in [-0.25, -0.2) is 18.7 Å². The minimum atomic E-state index is -0.384. The number of aromatic nitrogens is 2. The summed E-state index contributed by atoms with van der Waals surface area (Å²) in [6, 6.07) is 16.7. The van der Waals surface area contributed by atoms with Crippen LogP contribution in [0.5, 0.6) is 0 Å². The van der Waals surface area contributed by atoms with Crippen molar-refractivity contribution in [2.45, 2.75) is 0 Å². The Morgan fingerprint density at radius 3 is 2.00 bits per heavy atom. The van der Waals surface area contributed by atoms with Gasteiger partial charge in [0, 0.05) is 11.1 Å². The number of rotatable bonds is 4. The maximum Gasteiger partial charge on any atom is 0.254 e. The van der Waals surface area contributed by atoms with Gasteiger partial charge < -0.3 is 5.32 Å². The molecule has 0 saturated heterocycles. The molecular weight excluding hydrogens is 384 g/mol. The van der Waals surface area contributed by atoms with Crippen LogP contribution in [0.15, 0.2) is 66.7 Å². The second-order valence-corrected chi connectivity index (χ2v) is 6.49. The first-order chi connectivity index (χ1) is 14.6. The molecule has 1 heterocycles. The van der Waals surface area contributed by atoms with E-state index in [-0.39, 0.29) is 24.1 Å². The third-order valence-corrected chi connectivity index (χ3v) is 4.53. The lowest BCUT2D eigenvalue weighted by molar-refractivity contribution is 0.0960. The van der Waals surface area contributed by atoms with Crippen LogP contribution in [0.1, 0.15) is 10.4 Å². The van der Waals surface area contributed by atoms with Crippen LogP contribution in [-0.2, 0) is 0 Å². The second kappa shape index (κ2) is 8.10. The van der Waals surface area contributed by atoms with Crippen LogP contribution in [0.4, 0.5) is 8.78 Å². The lowest BCUT2D eigenvalue weighted by atomic mass is 10.0. The van der Waals surface area contributed by atoms with Gasteiger partial charge in [0.1, 0.15) is 17.2 Å². The van der Waals surface area contributed by atoms with Gasteiger partial charge in [-0.2, -0.15) is 0 Å². The number of amides is 1. The molecule has 4 aromatic rings. The summed E-state index contributed by atoms with van der Waals surface area (Å²) in [6.45, 7) is 0.0845. The summed E-state index contributed by atoms with van der Waals surface area (Å²) in [6.07, 6.45) is 5.22. The van der Waals surface area contributed by atoms with E-state index in [1.165, 1.54) is 24.3 Å². The fourth-order valence-electron chi connectivity index (χ4n) is 3.11. The van der Waals surface area contributed by atoms with E-state index in [4.69, 9.17) is 16.4 Å². The van der Waals surface area contributed by atoms with E-state index in [1.807, 2.05) is 0 Å². The lowest BCUT2D eigenvalue weighted by Gasteiger charge is -2.12. The topological polar surface area (TPSA) is 54.9 Å². The standard InChI is InChI=1S/C24H15F2N3O/c1-2-14-27-24(30)19-4-3-5-20-23(19)29-22(16-8-12-18(26)13-9-16)21(28-20)15-6-10-17(25)11-7-15/h1,3-13H,14H2,(H,27,30). The van der Waals surface area contributed by atoms with Gasteiger partial charge >= 0.3 is 0 Å². The van der Waals surface area contributed by atoms with Crippen LogP contribution in [0.3, 0.4) is 0 Å². The van der Waals surface area contributed by atoms with Gasteiger partial charge in [-0.1, -0.05) is 12.0 Å². The molecule has 3 aromatic carbocycles. The first-order valence-corrected chi connectivity index (χ1v) is 9.11. The van der Waals surface area contributed by atoms with Crippen molar-refractivity contribution in [1.82, 2.24) is 15.3 Å². The van der Waals surface area contributed by atoms with Crippen molar-refractivity contribution in [3.05, 3.63) is 83.9 Å². The Bertz CT molecular complexity index is 1280. The van der Waals surface area contributed by atoms with Crippen LogP contribution in [0.25, 0.3) is 33.5 Å². The molecule has 0 saturated carbocycles. The Balaban J connectivity index is 1.97. The smallest absolute Gasteiger partial charge is 0.254 e. The number of carbonyl (C=O) groups excluding carboxylic acids is 1. The molecule has 0 radical (unpaired) electrons. The molecule has 0 spiro atoms. The fraction of sp³-hybridized carbons (Fsp3) is 0.0417. The van der Waals surface area contributed by atoms with Crippen LogP contribution in [0.2, 0.25) is 0 Å². The molecule has 1 amide bonds. The van der Waals surface area contributed by atoms with Crippen molar-refractivity contribution in [3.63, 3.8) is 0 Å². The average Bonchev–Trinajstić information content (AvgIpc) is 2.77. The summed E-state index contributed by atoms with van der Waals surface area (Å²) in [7, 11) is 0. The van der Waals surface area contributed by atoms with Crippen molar-refractivity contribution in [2.75, 3.05) is 6.54 Å². The molecule has 0 bridgehead atoms. The van der Waals surface area contributed by atoms with Crippen molar-refractivity contribution in [1.29, 1.82) is 0 Å². The highest BCUT2D eigenvalue weighted by atomic mass is 19.1. The Kier molecular flexibility index (Phi) is 5.19. The predicted molar refractivity (Wildman–Crippen MR) is 111 cm³/mol. The zero-order chi connectivity index (χ0) is 21.1. The zero-order valence-electron chi connectivity index (χ0n) is 15.7. The van der Waals surface area contributed by atoms with Crippen LogP contribution < -0.4 is 5.32 Å². The highest BCUT2D eigenvalue weighted by Crippen LogP contribution is 2.32. The third-order valence-electron chi connectivity index (χ3n) is 4.53. The molecule has 0 fully saturated rings. The Labute approximate surface area is 171 Å². The van der Waals surface area contributed by atoms with Gasteiger partial charge in [0.25, 0.3) is 5.91 Å². The van der Waals surface area contributed by atoms with Gasteiger partial charge in [-0.15, -0.1) is 6.42 Å². The predicted octanol–water partition coefficient (Wildman–Crippen LogP) is 4.61. The van der Waals surface area contributed by atoms with Gasteiger partial charge in [0.15, 0.2) is 0 Å². The van der Waals surface area contributed by atoms with Gasteiger partial charge in [-0.3, -0.25) is 4.79 Å². The molecule has 4 rings (SSSR count). The summed E-state index contributed by atoms with van der Waals surface area (Å²) in [5.74, 6) is 1.24. The van der Waals surface area contributed by atoms with Gasteiger partial charge in [0.05, 0.1) is 29.0 Å². The minimum Gasteiger partial charge on any atom is -0.341 e. The SMILES string of the molecule is C#CCNC(=O)c1cccc2nc(-c3ccc(F)cc3)c(-c3ccc(F)cc3)nc12. The zero-order valence-corrected chi connectivity index (χ0v) is 15.7. The summed E-state index contributed by atoms with van der Waals surface area (Å²) in [5, 5.41) is 2.63. The third kappa shape index (κ3) is 3.74. The van der Waals surface area contributed by atoms with Crippen LogP contribution >= 0.6 is 0 Å². The molecule has 0 aliphatic rings. The van der Waals surface area contributed by atoms with Gasteiger partial charge in [-0.05, 0) is 60.7 Å². The monoisotopic (exact) mass is 399 g/mol. The van der Waals surface area contributed by atoms with E-state index < -0.39 is 0 Å². The van der Waals surface area contributed by atoms with Crippen molar-refractivity contribution in [2.24, 2.45) is 0 Å². The first-order valence-electron chi connectivity index (χ1n) is 9.11. The lowest BCUT2D eigenvalue weighted by Crippen LogP contribution is -2.24. The molecule has 30 heavy (non-hydrogen) atoms. The maximum absolute atomic E-state index is 13.5. The molecule has 0 atom stereocenters. The van der Waals surface area contributed by atoms with Crippen molar-refractivity contribution < 1.29 is 13.6 Å². The number of hydrogen-bond donors (Lipinski definition) is 1.